The highest BCUT2D eigenvalue weighted by Crippen LogP contribution is 2.38. The van der Waals surface area contributed by atoms with Gasteiger partial charge >= 0.3 is 0 Å². The third-order valence-corrected chi connectivity index (χ3v) is 6.68. The van der Waals surface area contributed by atoms with Crippen molar-refractivity contribution in [2.45, 2.75) is 39.7 Å². The maximum Gasteiger partial charge on any atom is 0.229 e. The Morgan fingerprint density at radius 1 is 1.10 bits per heavy atom. The van der Waals surface area contributed by atoms with Crippen molar-refractivity contribution in [2.24, 2.45) is 5.73 Å². The van der Waals surface area contributed by atoms with E-state index in [4.69, 9.17) is 22.1 Å². The lowest BCUT2D eigenvalue weighted by Crippen LogP contribution is -2.37. The summed E-state index contributed by atoms with van der Waals surface area (Å²) in [4.78, 5) is 38.0. The molecule has 0 bridgehead atoms. The molecule has 206 valence electrons. The lowest BCUT2D eigenvalue weighted by Gasteiger charge is -2.31. The van der Waals surface area contributed by atoms with Crippen LogP contribution < -0.4 is 10.6 Å². The van der Waals surface area contributed by atoms with Gasteiger partial charge in [0, 0.05) is 24.0 Å². The van der Waals surface area contributed by atoms with Gasteiger partial charge in [0.1, 0.15) is 34.7 Å². The molecule has 4 rings (SSSR count). The van der Waals surface area contributed by atoms with E-state index in [-0.39, 0.29) is 40.2 Å². The monoisotopic (exact) mass is 569 g/mol. The first-order valence-electron chi connectivity index (χ1n) is 11.9. The number of allylic oxidation sites excluding steroid dienone is 3. The number of pyridine rings is 3. The number of primary amides is 1. The average molecular weight is 570 g/mol. The van der Waals surface area contributed by atoms with Gasteiger partial charge in [-0.1, -0.05) is 11.6 Å². The molecule has 4 heterocycles. The van der Waals surface area contributed by atoms with Crippen LogP contribution in [0.4, 0.5) is 18.9 Å². The van der Waals surface area contributed by atoms with Crippen LogP contribution in [0.3, 0.4) is 0 Å². The molecule has 0 spiro atoms. The summed E-state index contributed by atoms with van der Waals surface area (Å²) in [6, 6.07) is 4.89. The summed E-state index contributed by atoms with van der Waals surface area (Å²) in [5, 5.41) is -0.105. The molecular formula is C28H23ClF3N5O3. The summed E-state index contributed by atoms with van der Waals surface area (Å²) in [6.07, 6.45) is 3.93. The summed E-state index contributed by atoms with van der Waals surface area (Å²) in [5.74, 6) is -1.28. The molecular weight excluding hydrogens is 547 g/mol. The zero-order valence-corrected chi connectivity index (χ0v) is 22.6. The summed E-state index contributed by atoms with van der Waals surface area (Å²) in [5.41, 5.74) is 5.92. The van der Waals surface area contributed by atoms with Gasteiger partial charge in [-0.3, -0.25) is 14.8 Å². The van der Waals surface area contributed by atoms with E-state index in [0.717, 1.165) is 6.20 Å². The van der Waals surface area contributed by atoms with Crippen LogP contribution in [0.2, 0.25) is 0 Å². The van der Waals surface area contributed by atoms with Crippen molar-refractivity contribution in [1.82, 2.24) is 15.0 Å². The minimum absolute atomic E-state index is 0.0600. The number of rotatable bonds is 7. The van der Waals surface area contributed by atoms with Crippen molar-refractivity contribution < 1.29 is 27.5 Å². The Morgan fingerprint density at radius 2 is 1.82 bits per heavy atom. The second-order valence-electron chi connectivity index (χ2n) is 9.49. The Kier molecular flexibility index (Phi) is 7.81. The van der Waals surface area contributed by atoms with Gasteiger partial charge in [0.25, 0.3) is 0 Å². The molecule has 0 fully saturated rings. The van der Waals surface area contributed by atoms with Gasteiger partial charge in [0.15, 0.2) is 17.5 Å². The number of hydrogen-bond acceptors (Lipinski definition) is 7. The van der Waals surface area contributed by atoms with E-state index in [9.17, 15) is 22.8 Å². The molecule has 2 N–H and O–H groups in total. The summed E-state index contributed by atoms with van der Waals surface area (Å²) in [6.45, 7) is 6.01. The minimum Gasteiger partial charge on any atom is -0.485 e. The lowest BCUT2D eigenvalue weighted by atomic mass is 9.87. The highest BCUT2D eigenvalue weighted by Gasteiger charge is 2.33. The van der Waals surface area contributed by atoms with Crippen molar-refractivity contribution in [3.8, 4) is 11.4 Å². The molecule has 0 radical (unpaired) electrons. The summed E-state index contributed by atoms with van der Waals surface area (Å²) < 4.78 is 47.4. The van der Waals surface area contributed by atoms with Crippen molar-refractivity contribution in [2.75, 3.05) is 4.90 Å². The number of hydrogen-bond donors (Lipinski definition) is 1. The number of aryl methyl sites for hydroxylation is 1. The Morgan fingerprint density at radius 3 is 2.48 bits per heavy atom. The topological polar surface area (TPSA) is 111 Å². The number of nitrogens with two attached hydrogens (primary N) is 1. The van der Waals surface area contributed by atoms with E-state index in [2.05, 4.69) is 15.0 Å². The van der Waals surface area contributed by atoms with Crippen LogP contribution in [0.15, 0.2) is 64.9 Å². The second kappa shape index (κ2) is 11.0. The zero-order chi connectivity index (χ0) is 29.4. The van der Waals surface area contributed by atoms with Gasteiger partial charge in [-0.15, -0.1) is 0 Å². The smallest absolute Gasteiger partial charge is 0.229 e. The van der Waals surface area contributed by atoms with E-state index in [0.29, 0.717) is 28.7 Å². The van der Waals surface area contributed by atoms with Crippen molar-refractivity contribution >= 4 is 29.1 Å². The highest BCUT2D eigenvalue weighted by atomic mass is 35.5. The van der Waals surface area contributed by atoms with Crippen LogP contribution in [0, 0.1) is 24.4 Å². The third kappa shape index (κ3) is 5.34. The minimum atomic E-state index is -1.38. The molecule has 0 unspecified atom stereocenters. The molecule has 0 aromatic carbocycles. The summed E-state index contributed by atoms with van der Waals surface area (Å²) >= 11 is 6.50. The third-order valence-electron chi connectivity index (χ3n) is 6.32. The first-order chi connectivity index (χ1) is 18.8. The van der Waals surface area contributed by atoms with E-state index in [1.807, 2.05) is 5.94 Å². The lowest BCUT2D eigenvalue weighted by molar-refractivity contribution is -0.122. The Bertz CT molecular complexity index is 1650. The number of carbonyl (C=O) groups is 1. The molecule has 0 aliphatic carbocycles. The number of anilines is 1. The highest BCUT2D eigenvalue weighted by molar-refractivity contribution is 6.33. The molecule has 1 aliphatic rings. The molecule has 8 nitrogen and oxygen atoms in total. The van der Waals surface area contributed by atoms with Crippen LogP contribution in [-0.4, -0.2) is 26.8 Å². The fourth-order valence-electron chi connectivity index (χ4n) is 3.94. The predicted octanol–water partition coefficient (Wildman–Crippen LogP) is 5.13. The largest absolute Gasteiger partial charge is 0.485 e. The molecule has 40 heavy (non-hydrogen) atoms. The quantitative estimate of drug-likeness (QED) is 0.392. The maximum atomic E-state index is 14.6. The van der Waals surface area contributed by atoms with Gasteiger partial charge in [-0.2, -0.15) is 0 Å². The standard InChI is InChI=1S/C28H23ClF3N5O3/c1-14-10-34-20(19-6-5-17(31)26(36-19)28(3,4)27(33)39)9-22(14)37-15(2)7-24(25(29)23(37)12-38)40-13-21-18(32)8-16(30)11-35-21/h5-11H,13H2,1-4H3,(H2,33,39). The molecule has 1 amide bonds. The second-order valence-corrected chi connectivity index (χ2v) is 9.87. The number of amides is 1. The van der Waals surface area contributed by atoms with E-state index in [1.165, 1.54) is 43.2 Å². The Balaban J connectivity index is 1.71. The van der Waals surface area contributed by atoms with Gasteiger partial charge in [-0.05, 0) is 51.5 Å². The number of aromatic nitrogens is 3. The van der Waals surface area contributed by atoms with Gasteiger partial charge < -0.3 is 15.4 Å². The predicted molar refractivity (Wildman–Crippen MR) is 142 cm³/mol. The number of halogens is 4. The summed E-state index contributed by atoms with van der Waals surface area (Å²) in [7, 11) is 0. The fourth-order valence-corrected chi connectivity index (χ4v) is 4.18. The number of nitrogens with zero attached hydrogens (tertiary/aromatic N) is 4. The molecule has 0 saturated carbocycles. The number of ether oxygens (including phenoxy) is 1. The van der Waals surface area contributed by atoms with E-state index in [1.54, 1.807) is 19.9 Å². The van der Waals surface area contributed by atoms with Crippen LogP contribution in [0.5, 0.6) is 0 Å². The maximum absolute atomic E-state index is 14.6. The molecule has 0 atom stereocenters. The van der Waals surface area contributed by atoms with Gasteiger partial charge in [0.2, 0.25) is 5.91 Å². The zero-order valence-electron chi connectivity index (χ0n) is 21.9. The fraction of sp³-hybridized carbons (Fsp3) is 0.214. The van der Waals surface area contributed by atoms with E-state index < -0.39 is 28.8 Å². The Hall–Kier alpha value is -4.47. The molecule has 12 heteroatoms. The van der Waals surface area contributed by atoms with Crippen LogP contribution in [0.25, 0.3) is 11.4 Å². The average Bonchev–Trinajstić information content (AvgIpc) is 2.90. The van der Waals surface area contributed by atoms with Crippen molar-refractivity contribution in [1.29, 1.82) is 0 Å². The SMILES string of the molecule is CC1=CC(OCc2ncc(F)cc2F)=C(Cl)C(=C=O)N1c1cc(-c2ccc(F)c(C(C)(C)C(N)=O)n2)ncc1C. The molecule has 3 aromatic heterocycles. The normalized spacial score (nSPS) is 13.8. The van der Waals surface area contributed by atoms with E-state index >= 15 is 0 Å². The van der Waals surface area contributed by atoms with Crippen molar-refractivity contribution in [3.63, 3.8) is 0 Å². The first-order valence-corrected chi connectivity index (χ1v) is 12.2. The molecule has 3 aromatic rings. The van der Waals surface area contributed by atoms with Gasteiger partial charge in [0.05, 0.1) is 34.4 Å². The number of carbonyl (C=O) groups excluding carboxylic acids is 2. The van der Waals surface area contributed by atoms with Crippen LogP contribution in [-0.2, 0) is 26.3 Å². The molecule has 0 saturated heterocycles. The van der Waals surface area contributed by atoms with Crippen LogP contribution in [0.1, 0.15) is 37.7 Å². The van der Waals surface area contributed by atoms with Gasteiger partial charge in [-0.25, -0.2) is 22.9 Å². The Labute approximate surface area is 232 Å². The van der Waals surface area contributed by atoms with Crippen molar-refractivity contribution in [3.05, 3.63) is 99.3 Å². The molecule has 1 aliphatic heterocycles. The van der Waals surface area contributed by atoms with Crippen LogP contribution >= 0.6 is 11.6 Å². The first kappa shape index (κ1) is 28.5.